The maximum absolute atomic E-state index is 14.4. The third kappa shape index (κ3) is 3.57. The molecule has 8 heteroatoms. The molecule has 2 aromatic rings. The van der Waals surface area contributed by atoms with Gasteiger partial charge < -0.3 is 19.8 Å². The Morgan fingerprint density at radius 2 is 1.68 bits per heavy atom. The van der Waals surface area contributed by atoms with Gasteiger partial charge in [-0.15, -0.1) is 11.8 Å². The van der Waals surface area contributed by atoms with Crippen molar-refractivity contribution < 1.29 is 19.5 Å². The SMILES string of the molecule is CCCN1CC=C[C@@]2(C)S[C@]34C=CCN(c5ccc6ccccc6c5)C(=O)C3N(CCO)C(=O)[C@@H]4[C@H]2C1=O. The third-order valence-electron chi connectivity index (χ3n) is 8.52. The smallest absolute Gasteiger partial charge is 0.251 e. The van der Waals surface area contributed by atoms with Gasteiger partial charge in [-0.2, -0.15) is 0 Å². The predicted octanol–water partition coefficient (Wildman–Crippen LogP) is 3.23. The number of benzene rings is 2. The van der Waals surface area contributed by atoms with Crippen LogP contribution in [0.4, 0.5) is 5.69 Å². The molecular formula is C30H33N3O4S. The molecule has 0 bridgehead atoms. The Balaban J connectivity index is 1.46. The van der Waals surface area contributed by atoms with Gasteiger partial charge in [-0.05, 0) is 36.2 Å². The van der Waals surface area contributed by atoms with E-state index in [2.05, 4.69) is 6.08 Å². The highest BCUT2D eigenvalue weighted by atomic mass is 32.2. The van der Waals surface area contributed by atoms with Crippen LogP contribution in [0.3, 0.4) is 0 Å². The van der Waals surface area contributed by atoms with Gasteiger partial charge in [0.2, 0.25) is 11.8 Å². The third-order valence-corrected chi connectivity index (χ3v) is 10.3. The molecule has 198 valence electrons. The maximum atomic E-state index is 14.4. The summed E-state index contributed by atoms with van der Waals surface area (Å²) >= 11 is 1.57. The Morgan fingerprint density at radius 3 is 2.45 bits per heavy atom. The lowest BCUT2D eigenvalue weighted by Gasteiger charge is -2.36. The van der Waals surface area contributed by atoms with Gasteiger partial charge in [-0.1, -0.05) is 61.6 Å². The second kappa shape index (κ2) is 9.27. The lowest BCUT2D eigenvalue weighted by molar-refractivity contribution is -0.143. The van der Waals surface area contributed by atoms with Gasteiger partial charge in [0.15, 0.2) is 0 Å². The summed E-state index contributed by atoms with van der Waals surface area (Å²) in [6.45, 7) is 5.41. The minimum absolute atomic E-state index is 0.0249. The minimum Gasteiger partial charge on any atom is -0.395 e. The molecule has 0 aliphatic carbocycles. The molecule has 0 saturated carbocycles. The number of nitrogens with zero attached hydrogens (tertiary/aromatic N) is 3. The monoisotopic (exact) mass is 531 g/mol. The van der Waals surface area contributed by atoms with E-state index in [9.17, 15) is 19.5 Å². The second-order valence-corrected chi connectivity index (χ2v) is 12.6. The van der Waals surface area contributed by atoms with Gasteiger partial charge in [0.25, 0.3) is 5.91 Å². The Hall–Kier alpha value is -3.10. The van der Waals surface area contributed by atoms with E-state index >= 15 is 0 Å². The number of amides is 3. The molecule has 3 amide bonds. The first-order valence-electron chi connectivity index (χ1n) is 13.4. The highest BCUT2D eigenvalue weighted by Crippen LogP contribution is 2.65. The molecule has 7 nitrogen and oxygen atoms in total. The molecular weight excluding hydrogens is 498 g/mol. The summed E-state index contributed by atoms with van der Waals surface area (Å²) in [5.41, 5.74) is 0.767. The molecule has 4 aliphatic rings. The van der Waals surface area contributed by atoms with Crippen LogP contribution in [0.15, 0.2) is 66.8 Å². The summed E-state index contributed by atoms with van der Waals surface area (Å²) in [6, 6.07) is 13.2. The van der Waals surface area contributed by atoms with Crippen molar-refractivity contribution in [1.29, 1.82) is 0 Å². The van der Waals surface area contributed by atoms with E-state index in [0.29, 0.717) is 19.6 Å². The summed E-state index contributed by atoms with van der Waals surface area (Å²) in [5, 5.41) is 12.0. The van der Waals surface area contributed by atoms with E-state index < -0.39 is 27.4 Å². The Morgan fingerprint density at radius 1 is 0.921 bits per heavy atom. The Kier molecular flexibility index (Phi) is 6.15. The van der Waals surface area contributed by atoms with Crippen LogP contribution in [0.25, 0.3) is 10.8 Å². The van der Waals surface area contributed by atoms with Crippen LogP contribution in [0.1, 0.15) is 20.3 Å². The standard InChI is InChI=1S/C30H33N3O4S/c1-3-14-31-15-6-12-29(2)23(26(31)35)24-27(36)33(17-18-34)25-28(37)32(16-7-13-30(24,25)38-29)22-11-10-20-8-4-5-9-21(20)19-22/h4-13,19,23-25,34H,3,14-18H2,1-2H3/t23-,24-,25?,29+,30-/m0/s1. The number of rotatable bonds is 5. The van der Waals surface area contributed by atoms with Crippen molar-refractivity contribution in [2.45, 2.75) is 35.8 Å². The molecule has 1 spiro atoms. The van der Waals surface area contributed by atoms with Gasteiger partial charge in [0, 0.05) is 36.6 Å². The topological polar surface area (TPSA) is 81.2 Å². The number of likely N-dealkylation sites (tertiary alicyclic amines) is 1. The fourth-order valence-electron chi connectivity index (χ4n) is 6.97. The molecule has 2 fully saturated rings. The van der Waals surface area contributed by atoms with Crippen molar-refractivity contribution in [2.75, 3.05) is 37.7 Å². The van der Waals surface area contributed by atoms with Crippen LogP contribution in [-0.2, 0) is 14.4 Å². The lowest BCUT2D eigenvalue weighted by Crippen LogP contribution is -2.54. The van der Waals surface area contributed by atoms with E-state index in [1.807, 2.05) is 79.4 Å². The first kappa shape index (κ1) is 25.2. The Labute approximate surface area is 227 Å². The van der Waals surface area contributed by atoms with Crippen molar-refractivity contribution in [3.63, 3.8) is 0 Å². The number of aliphatic hydroxyl groups is 1. The number of hydrogen-bond donors (Lipinski definition) is 1. The van der Waals surface area contributed by atoms with Crippen LogP contribution in [-0.4, -0.2) is 80.9 Å². The molecule has 5 atom stereocenters. The van der Waals surface area contributed by atoms with Crippen LogP contribution in [0.2, 0.25) is 0 Å². The first-order valence-corrected chi connectivity index (χ1v) is 14.2. The number of carbonyl (C=O) groups is 3. The van der Waals surface area contributed by atoms with Crippen LogP contribution >= 0.6 is 11.8 Å². The molecule has 2 saturated heterocycles. The molecule has 1 N–H and O–H groups in total. The van der Waals surface area contributed by atoms with Crippen molar-refractivity contribution in [3.8, 4) is 0 Å². The highest BCUT2D eigenvalue weighted by molar-refractivity contribution is 8.02. The average molecular weight is 532 g/mol. The Bertz CT molecular complexity index is 1370. The van der Waals surface area contributed by atoms with Gasteiger partial charge in [0.05, 0.1) is 23.2 Å². The van der Waals surface area contributed by atoms with Crippen LogP contribution in [0.5, 0.6) is 0 Å². The molecule has 2 aromatic carbocycles. The number of hydrogen-bond acceptors (Lipinski definition) is 5. The predicted molar refractivity (Wildman–Crippen MR) is 150 cm³/mol. The van der Waals surface area contributed by atoms with Crippen LogP contribution < -0.4 is 4.90 Å². The number of carbonyl (C=O) groups excluding carboxylic acids is 3. The van der Waals surface area contributed by atoms with Gasteiger partial charge in [0.1, 0.15) is 6.04 Å². The van der Waals surface area contributed by atoms with E-state index in [-0.39, 0.29) is 30.9 Å². The fourth-order valence-corrected chi connectivity index (χ4v) is 9.12. The quantitative estimate of drug-likeness (QED) is 0.600. The summed E-state index contributed by atoms with van der Waals surface area (Å²) in [7, 11) is 0. The van der Waals surface area contributed by atoms with Crippen molar-refractivity contribution in [3.05, 3.63) is 66.8 Å². The largest absolute Gasteiger partial charge is 0.395 e. The number of fused-ring (bicyclic) bond motifs is 3. The van der Waals surface area contributed by atoms with Crippen molar-refractivity contribution >= 4 is 45.9 Å². The number of aliphatic hydroxyl groups excluding tert-OH is 1. The normalized spacial score (nSPS) is 32.4. The van der Waals surface area contributed by atoms with Crippen molar-refractivity contribution in [2.24, 2.45) is 11.8 Å². The number of thioether (sulfide) groups is 1. The molecule has 0 aromatic heterocycles. The zero-order valence-electron chi connectivity index (χ0n) is 21.7. The van der Waals surface area contributed by atoms with Crippen molar-refractivity contribution in [1.82, 2.24) is 9.80 Å². The first-order chi connectivity index (χ1) is 18.3. The van der Waals surface area contributed by atoms with E-state index in [1.54, 1.807) is 16.7 Å². The van der Waals surface area contributed by atoms with E-state index in [4.69, 9.17) is 0 Å². The molecule has 6 rings (SSSR count). The molecule has 0 radical (unpaired) electrons. The summed E-state index contributed by atoms with van der Waals surface area (Å²) in [4.78, 5) is 47.6. The van der Waals surface area contributed by atoms with Crippen LogP contribution in [0, 0.1) is 11.8 Å². The van der Waals surface area contributed by atoms with Gasteiger partial charge in [-0.3, -0.25) is 14.4 Å². The average Bonchev–Trinajstić information content (AvgIpc) is 3.17. The lowest BCUT2D eigenvalue weighted by atomic mass is 9.74. The van der Waals surface area contributed by atoms with E-state index in [0.717, 1.165) is 22.9 Å². The molecule has 1 unspecified atom stereocenters. The summed E-state index contributed by atoms with van der Waals surface area (Å²) in [6.07, 6.45) is 8.95. The summed E-state index contributed by atoms with van der Waals surface area (Å²) < 4.78 is -1.52. The summed E-state index contributed by atoms with van der Waals surface area (Å²) in [5.74, 6) is -1.68. The minimum atomic E-state index is -0.899. The number of β-amino-alcohol motifs (C(OH)–C–C–N with tert-alkyl or cyclic N) is 1. The number of anilines is 1. The highest BCUT2D eigenvalue weighted by Gasteiger charge is 2.73. The molecule has 4 heterocycles. The van der Waals surface area contributed by atoms with Gasteiger partial charge >= 0.3 is 0 Å². The fraction of sp³-hybridized carbons (Fsp3) is 0.433. The zero-order chi connectivity index (χ0) is 26.7. The van der Waals surface area contributed by atoms with Gasteiger partial charge in [-0.25, -0.2) is 0 Å². The zero-order valence-corrected chi connectivity index (χ0v) is 22.6. The maximum Gasteiger partial charge on any atom is 0.251 e. The van der Waals surface area contributed by atoms with E-state index in [1.165, 1.54) is 4.90 Å². The second-order valence-electron chi connectivity index (χ2n) is 10.8. The molecule has 4 aliphatic heterocycles. The molecule has 38 heavy (non-hydrogen) atoms.